The lowest BCUT2D eigenvalue weighted by Gasteiger charge is -2.19. The van der Waals surface area contributed by atoms with Crippen LogP contribution in [-0.4, -0.2) is 30.1 Å². The van der Waals surface area contributed by atoms with Gasteiger partial charge in [0.15, 0.2) is 5.65 Å². The SMILES string of the molecule is Cc1nn2cc(S(=O)(=O)N(C)c3cccc(C#N)c3)cnc2c1Cl. The molecule has 122 valence electrons. The van der Waals surface area contributed by atoms with Gasteiger partial charge in [-0.2, -0.15) is 10.4 Å². The standard InChI is InChI=1S/C15H12ClN5O2S/c1-10-14(16)15-18-8-13(9-21(15)19-10)24(22,23)20(2)12-5-3-4-11(6-12)7-17/h3-6,8-9H,1-2H3. The summed E-state index contributed by atoms with van der Waals surface area (Å²) in [6.45, 7) is 1.71. The second-order valence-electron chi connectivity index (χ2n) is 5.09. The highest BCUT2D eigenvalue weighted by Crippen LogP contribution is 2.24. The minimum atomic E-state index is -3.85. The van der Waals surface area contributed by atoms with E-state index in [4.69, 9.17) is 16.9 Å². The monoisotopic (exact) mass is 361 g/mol. The number of rotatable bonds is 3. The summed E-state index contributed by atoms with van der Waals surface area (Å²) in [4.78, 5) is 4.06. The van der Waals surface area contributed by atoms with Gasteiger partial charge in [-0.05, 0) is 25.1 Å². The van der Waals surface area contributed by atoms with Crippen molar-refractivity contribution in [3.8, 4) is 6.07 Å². The Hall–Kier alpha value is -2.63. The van der Waals surface area contributed by atoms with E-state index in [-0.39, 0.29) is 4.90 Å². The predicted molar refractivity (Wildman–Crippen MR) is 89.5 cm³/mol. The summed E-state index contributed by atoms with van der Waals surface area (Å²) in [7, 11) is -2.44. The van der Waals surface area contributed by atoms with Crippen molar-refractivity contribution in [3.63, 3.8) is 0 Å². The molecule has 7 nitrogen and oxygen atoms in total. The summed E-state index contributed by atoms with van der Waals surface area (Å²) >= 11 is 6.06. The van der Waals surface area contributed by atoms with Crippen LogP contribution in [0.3, 0.4) is 0 Å². The summed E-state index contributed by atoms with van der Waals surface area (Å²) in [5, 5.41) is 13.5. The molecular formula is C15H12ClN5O2S. The highest BCUT2D eigenvalue weighted by molar-refractivity contribution is 7.92. The maximum atomic E-state index is 12.8. The molecule has 0 atom stereocenters. The number of aromatic nitrogens is 3. The fraction of sp³-hybridized carbons (Fsp3) is 0.133. The molecule has 0 N–H and O–H groups in total. The largest absolute Gasteiger partial charge is 0.269 e. The van der Waals surface area contributed by atoms with Gasteiger partial charge in [0.25, 0.3) is 10.0 Å². The van der Waals surface area contributed by atoms with E-state index in [2.05, 4.69) is 10.1 Å². The van der Waals surface area contributed by atoms with Gasteiger partial charge in [-0.15, -0.1) is 0 Å². The maximum absolute atomic E-state index is 12.8. The van der Waals surface area contributed by atoms with Gasteiger partial charge >= 0.3 is 0 Å². The van der Waals surface area contributed by atoms with Gasteiger partial charge in [0.1, 0.15) is 9.92 Å². The minimum absolute atomic E-state index is 0.0287. The zero-order chi connectivity index (χ0) is 17.5. The third-order valence-electron chi connectivity index (χ3n) is 3.55. The molecule has 24 heavy (non-hydrogen) atoms. The molecule has 0 saturated heterocycles. The van der Waals surface area contributed by atoms with Crippen LogP contribution in [0.5, 0.6) is 0 Å². The average molecular weight is 362 g/mol. The molecule has 0 aliphatic heterocycles. The first-order chi connectivity index (χ1) is 11.3. The van der Waals surface area contributed by atoms with Gasteiger partial charge in [0, 0.05) is 7.05 Å². The van der Waals surface area contributed by atoms with E-state index in [1.54, 1.807) is 25.1 Å². The van der Waals surface area contributed by atoms with E-state index in [9.17, 15) is 8.42 Å². The molecule has 1 aromatic carbocycles. The third kappa shape index (κ3) is 2.58. The molecule has 2 heterocycles. The first kappa shape index (κ1) is 16.2. The quantitative estimate of drug-likeness (QED) is 0.714. The van der Waals surface area contributed by atoms with E-state index in [1.165, 1.54) is 30.0 Å². The van der Waals surface area contributed by atoms with Gasteiger partial charge in [-0.3, -0.25) is 4.31 Å². The van der Waals surface area contributed by atoms with Gasteiger partial charge in [0.2, 0.25) is 0 Å². The third-order valence-corrected chi connectivity index (χ3v) is 5.73. The van der Waals surface area contributed by atoms with Gasteiger partial charge < -0.3 is 0 Å². The zero-order valence-corrected chi connectivity index (χ0v) is 14.4. The number of fused-ring (bicyclic) bond motifs is 1. The second-order valence-corrected chi connectivity index (χ2v) is 7.44. The van der Waals surface area contributed by atoms with E-state index in [0.717, 1.165) is 4.31 Å². The second kappa shape index (κ2) is 5.78. The van der Waals surface area contributed by atoms with Crippen LogP contribution in [0.1, 0.15) is 11.3 Å². The van der Waals surface area contributed by atoms with Crippen molar-refractivity contribution >= 4 is 33.0 Å². The number of benzene rings is 1. The van der Waals surface area contributed by atoms with Gasteiger partial charge in [0.05, 0.1) is 35.4 Å². The molecule has 0 bridgehead atoms. The Morgan fingerprint density at radius 3 is 2.83 bits per heavy atom. The normalized spacial score (nSPS) is 11.4. The van der Waals surface area contributed by atoms with Crippen LogP contribution in [0.25, 0.3) is 5.65 Å². The van der Waals surface area contributed by atoms with Crippen molar-refractivity contribution in [2.75, 3.05) is 11.4 Å². The molecule has 0 unspecified atom stereocenters. The van der Waals surface area contributed by atoms with Crippen LogP contribution in [0.4, 0.5) is 5.69 Å². The molecule has 2 aromatic heterocycles. The van der Waals surface area contributed by atoms with Crippen molar-refractivity contribution in [2.45, 2.75) is 11.8 Å². The Morgan fingerprint density at radius 1 is 1.38 bits per heavy atom. The number of aryl methyl sites for hydroxylation is 1. The molecule has 0 aliphatic carbocycles. The molecular weight excluding hydrogens is 350 g/mol. The summed E-state index contributed by atoms with van der Waals surface area (Å²) in [6, 6.07) is 8.32. The van der Waals surface area contributed by atoms with Crippen LogP contribution in [0.15, 0.2) is 41.6 Å². The van der Waals surface area contributed by atoms with E-state index in [1.807, 2.05) is 6.07 Å². The average Bonchev–Trinajstić information content (AvgIpc) is 2.88. The van der Waals surface area contributed by atoms with Crippen molar-refractivity contribution in [1.82, 2.24) is 14.6 Å². The highest BCUT2D eigenvalue weighted by atomic mass is 35.5. The Morgan fingerprint density at radius 2 is 2.12 bits per heavy atom. The van der Waals surface area contributed by atoms with Crippen molar-refractivity contribution in [1.29, 1.82) is 5.26 Å². The van der Waals surface area contributed by atoms with Crippen molar-refractivity contribution in [3.05, 3.63) is 52.9 Å². The highest BCUT2D eigenvalue weighted by Gasteiger charge is 2.23. The summed E-state index contributed by atoms with van der Waals surface area (Å²) in [5.74, 6) is 0. The Labute approximate surface area is 143 Å². The molecule has 9 heteroatoms. The number of hydrogen-bond donors (Lipinski definition) is 0. The Bertz CT molecular complexity index is 1080. The Balaban J connectivity index is 2.08. The smallest absolute Gasteiger partial charge is 0.267 e. The molecule has 0 fully saturated rings. The van der Waals surface area contributed by atoms with E-state index in [0.29, 0.717) is 27.6 Å². The number of anilines is 1. The van der Waals surface area contributed by atoms with E-state index >= 15 is 0 Å². The van der Waals surface area contributed by atoms with Crippen LogP contribution in [0, 0.1) is 18.3 Å². The fourth-order valence-electron chi connectivity index (χ4n) is 2.20. The minimum Gasteiger partial charge on any atom is -0.269 e. The Kier molecular flexibility index (Phi) is 3.91. The van der Waals surface area contributed by atoms with Gasteiger partial charge in [-0.25, -0.2) is 17.9 Å². The number of nitriles is 1. The molecule has 0 saturated carbocycles. The summed E-state index contributed by atoms with van der Waals surface area (Å²) in [5.41, 5.74) is 1.71. The topological polar surface area (TPSA) is 91.4 Å². The number of hydrogen-bond acceptors (Lipinski definition) is 5. The van der Waals surface area contributed by atoms with Crippen LogP contribution >= 0.6 is 11.6 Å². The van der Waals surface area contributed by atoms with E-state index < -0.39 is 10.0 Å². The molecule has 0 spiro atoms. The first-order valence-corrected chi connectivity index (χ1v) is 8.66. The van der Waals surface area contributed by atoms with Crippen molar-refractivity contribution in [2.24, 2.45) is 0 Å². The lowest BCUT2D eigenvalue weighted by atomic mass is 10.2. The predicted octanol–water partition coefficient (Wildman–Crippen LogP) is 2.39. The fourth-order valence-corrected chi connectivity index (χ4v) is 3.50. The first-order valence-electron chi connectivity index (χ1n) is 6.84. The molecule has 0 radical (unpaired) electrons. The molecule has 0 amide bonds. The molecule has 3 aromatic rings. The van der Waals surface area contributed by atoms with Crippen LogP contribution in [-0.2, 0) is 10.0 Å². The lowest BCUT2D eigenvalue weighted by Crippen LogP contribution is -2.27. The van der Waals surface area contributed by atoms with Gasteiger partial charge in [-0.1, -0.05) is 17.7 Å². The number of nitrogens with zero attached hydrogens (tertiary/aromatic N) is 5. The lowest BCUT2D eigenvalue weighted by molar-refractivity contribution is 0.593. The van der Waals surface area contributed by atoms with Crippen LogP contribution in [0.2, 0.25) is 5.02 Å². The summed E-state index contributed by atoms with van der Waals surface area (Å²) < 4.78 is 28.0. The summed E-state index contributed by atoms with van der Waals surface area (Å²) in [6.07, 6.45) is 2.60. The maximum Gasteiger partial charge on any atom is 0.267 e. The molecule has 0 aliphatic rings. The van der Waals surface area contributed by atoms with Crippen molar-refractivity contribution < 1.29 is 8.42 Å². The zero-order valence-electron chi connectivity index (χ0n) is 12.8. The molecule has 3 rings (SSSR count). The number of sulfonamides is 1. The number of halogens is 1. The van der Waals surface area contributed by atoms with Crippen LogP contribution < -0.4 is 4.31 Å².